The number of carbonyl (C=O) groups is 3. The summed E-state index contributed by atoms with van der Waals surface area (Å²) < 4.78 is 0. The Hall–Kier alpha value is -2.37. The van der Waals surface area contributed by atoms with Crippen LogP contribution in [0.25, 0.3) is 0 Å². The van der Waals surface area contributed by atoms with E-state index >= 15 is 0 Å². The van der Waals surface area contributed by atoms with Gasteiger partial charge >= 0.3 is 6.03 Å². The second-order valence-corrected chi connectivity index (χ2v) is 3.86. The molecule has 0 atom stereocenters. The van der Waals surface area contributed by atoms with E-state index in [1.54, 1.807) is 31.2 Å². The fraction of sp³-hybridized carbons (Fsp3) is 0.308. The van der Waals surface area contributed by atoms with Crippen LogP contribution in [0.2, 0.25) is 0 Å². The third-order valence-electron chi connectivity index (χ3n) is 2.34. The van der Waals surface area contributed by atoms with Crippen molar-refractivity contribution in [3.8, 4) is 0 Å². The summed E-state index contributed by atoms with van der Waals surface area (Å²) in [5, 5.41) is 7.44. The molecule has 0 heterocycles. The lowest BCUT2D eigenvalue weighted by Gasteiger charge is -2.10. The van der Waals surface area contributed by atoms with Gasteiger partial charge < -0.3 is 10.6 Å². The molecular formula is C13H17N3O3. The molecule has 19 heavy (non-hydrogen) atoms. The summed E-state index contributed by atoms with van der Waals surface area (Å²) in [6, 6.07) is 6.35. The molecular weight excluding hydrogens is 246 g/mol. The highest BCUT2D eigenvalue weighted by Gasteiger charge is 2.09. The number of rotatable bonds is 5. The predicted octanol–water partition coefficient (Wildman–Crippen LogP) is 1.15. The Morgan fingerprint density at radius 1 is 1.16 bits per heavy atom. The van der Waals surface area contributed by atoms with Gasteiger partial charge in [0.05, 0.1) is 6.54 Å². The van der Waals surface area contributed by atoms with E-state index in [4.69, 9.17) is 0 Å². The molecule has 1 aromatic carbocycles. The average molecular weight is 263 g/mol. The van der Waals surface area contributed by atoms with E-state index in [0.29, 0.717) is 17.8 Å². The molecule has 0 aliphatic heterocycles. The van der Waals surface area contributed by atoms with Crippen molar-refractivity contribution >= 4 is 23.4 Å². The second-order valence-electron chi connectivity index (χ2n) is 3.86. The van der Waals surface area contributed by atoms with Gasteiger partial charge in [-0.25, -0.2) is 4.79 Å². The van der Waals surface area contributed by atoms with Crippen LogP contribution in [0.15, 0.2) is 24.3 Å². The summed E-state index contributed by atoms with van der Waals surface area (Å²) in [4.78, 5) is 33.9. The molecule has 0 saturated heterocycles. The molecule has 0 bridgehead atoms. The lowest BCUT2D eigenvalue weighted by molar-refractivity contribution is -0.118. The van der Waals surface area contributed by atoms with Crippen LogP contribution in [0.5, 0.6) is 0 Å². The third kappa shape index (κ3) is 4.79. The van der Waals surface area contributed by atoms with Crippen molar-refractivity contribution in [1.29, 1.82) is 0 Å². The van der Waals surface area contributed by atoms with Crippen molar-refractivity contribution in [1.82, 2.24) is 10.6 Å². The molecule has 102 valence electrons. The number of para-hydroxylation sites is 1. The van der Waals surface area contributed by atoms with Crippen LogP contribution in [-0.4, -0.2) is 30.8 Å². The number of amides is 3. The lowest BCUT2D eigenvalue weighted by atomic mass is 10.1. The van der Waals surface area contributed by atoms with E-state index in [9.17, 15) is 14.4 Å². The first-order valence-electron chi connectivity index (χ1n) is 5.96. The molecule has 0 radical (unpaired) electrons. The van der Waals surface area contributed by atoms with Crippen LogP contribution in [-0.2, 0) is 4.79 Å². The van der Waals surface area contributed by atoms with Gasteiger partial charge in [-0.1, -0.05) is 12.1 Å². The zero-order valence-corrected chi connectivity index (χ0v) is 10.9. The average Bonchev–Trinajstić information content (AvgIpc) is 2.36. The van der Waals surface area contributed by atoms with Gasteiger partial charge in [0.1, 0.15) is 0 Å². The monoisotopic (exact) mass is 263 g/mol. The van der Waals surface area contributed by atoms with Crippen LogP contribution in [0.4, 0.5) is 10.5 Å². The van der Waals surface area contributed by atoms with Crippen molar-refractivity contribution in [3.05, 3.63) is 29.8 Å². The highest BCUT2D eigenvalue weighted by atomic mass is 16.2. The largest absolute Gasteiger partial charge is 0.376 e. The first-order valence-corrected chi connectivity index (χ1v) is 5.96. The number of nitrogens with one attached hydrogen (secondary N) is 3. The van der Waals surface area contributed by atoms with E-state index < -0.39 is 11.9 Å². The summed E-state index contributed by atoms with van der Waals surface area (Å²) in [5.41, 5.74) is 1.08. The Balaban J connectivity index is 2.55. The maximum atomic E-state index is 11.5. The third-order valence-corrected chi connectivity index (χ3v) is 2.34. The van der Waals surface area contributed by atoms with E-state index in [-0.39, 0.29) is 12.3 Å². The van der Waals surface area contributed by atoms with Crippen molar-refractivity contribution in [2.45, 2.75) is 13.8 Å². The lowest BCUT2D eigenvalue weighted by Crippen LogP contribution is -2.41. The van der Waals surface area contributed by atoms with Crippen LogP contribution < -0.4 is 16.0 Å². The van der Waals surface area contributed by atoms with Gasteiger partial charge in [0.2, 0.25) is 5.91 Å². The Morgan fingerprint density at radius 2 is 1.84 bits per heavy atom. The van der Waals surface area contributed by atoms with Gasteiger partial charge in [-0.05, 0) is 26.0 Å². The van der Waals surface area contributed by atoms with Crippen LogP contribution >= 0.6 is 0 Å². The van der Waals surface area contributed by atoms with E-state index in [2.05, 4.69) is 16.0 Å². The summed E-state index contributed by atoms with van der Waals surface area (Å²) in [6.07, 6.45) is 0. The Morgan fingerprint density at radius 3 is 2.47 bits per heavy atom. The summed E-state index contributed by atoms with van der Waals surface area (Å²) in [7, 11) is 0. The maximum absolute atomic E-state index is 11.5. The van der Waals surface area contributed by atoms with Gasteiger partial charge in [-0.15, -0.1) is 0 Å². The predicted molar refractivity (Wildman–Crippen MR) is 72.2 cm³/mol. The highest BCUT2D eigenvalue weighted by molar-refractivity contribution is 6.01. The molecule has 0 fully saturated rings. The molecule has 0 unspecified atom stereocenters. The Kier molecular flexibility index (Phi) is 5.53. The van der Waals surface area contributed by atoms with Crippen LogP contribution in [0.3, 0.4) is 0 Å². The standard InChI is InChI=1S/C13H17N3O3/c1-3-14-13(19)16-12(18)8-15-11-7-5-4-6-10(11)9(2)17/h4-7,15H,3,8H2,1-2H3,(H2,14,16,18,19). The summed E-state index contributed by atoms with van der Waals surface area (Å²) in [6.45, 7) is 3.57. The topological polar surface area (TPSA) is 87.3 Å². The number of benzene rings is 1. The van der Waals surface area contributed by atoms with Crippen LogP contribution in [0.1, 0.15) is 24.2 Å². The number of carbonyl (C=O) groups excluding carboxylic acids is 3. The number of ketones is 1. The smallest absolute Gasteiger partial charge is 0.321 e. The van der Waals surface area contributed by atoms with Gasteiger partial charge in [-0.3, -0.25) is 14.9 Å². The van der Waals surface area contributed by atoms with E-state index in [1.807, 2.05) is 0 Å². The second kappa shape index (κ2) is 7.15. The number of Topliss-reactive ketones (excluding diaryl/α,β-unsaturated/α-hetero) is 1. The minimum absolute atomic E-state index is 0.0819. The zero-order chi connectivity index (χ0) is 14.3. The molecule has 3 amide bonds. The Bertz CT molecular complexity index is 486. The van der Waals surface area contributed by atoms with E-state index in [1.165, 1.54) is 6.92 Å². The summed E-state index contributed by atoms with van der Waals surface area (Å²) in [5.74, 6) is -0.559. The highest BCUT2D eigenvalue weighted by Crippen LogP contribution is 2.14. The minimum atomic E-state index is -0.533. The molecule has 3 N–H and O–H groups in total. The van der Waals surface area contributed by atoms with Crippen molar-refractivity contribution in [2.75, 3.05) is 18.4 Å². The SMILES string of the molecule is CCNC(=O)NC(=O)CNc1ccccc1C(C)=O. The van der Waals surface area contributed by atoms with Crippen LogP contribution in [0, 0.1) is 0 Å². The molecule has 6 nitrogen and oxygen atoms in total. The molecule has 0 spiro atoms. The van der Waals surface area contributed by atoms with Crippen molar-refractivity contribution in [3.63, 3.8) is 0 Å². The molecule has 0 aromatic heterocycles. The van der Waals surface area contributed by atoms with Gasteiger partial charge in [-0.2, -0.15) is 0 Å². The maximum Gasteiger partial charge on any atom is 0.321 e. The Labute approximate surface area is 111 Å². The fourth-order valence-corrected chi connectivity index (χ4v) is 1.50. The van der Waals surface area contributed by atoms with E-state index in [0.717, 1.165) is 0 Å². The van der Waals surface area contributed by atoms with Gasteiger partial charge in [0, 0.05) is 17.8 Å². The van der Waals surface area contributed by atoms with Gasteiger partial charge in [0.25, 0.3) is 0 Å². The first kappa shape index (κ1) is 14.7. The summed E-state index contributed by atoms with van der Waals surface area (Å²) >= 11 is 0. The number of hydrogen-bond acceptors (Lipinski definition) is 4. The number of anilines is 1. The van der Waals surface area contributed by atoms with Crippen molar-refractivity contribution in [2.24, 2.45) is 0 Å². The van der Waals surface area contributed by atoms with Gasteiger partial charge in [0.15, 0.2) is 5.78 Å². The molecule has 6 heteroatoms. The quantitative estimate of drug-likeness (QED) is 0.695. The molecule has 0 aliphatic carbocycles. The fourth-order valence-electron chi connectivity index (χ4n) is 1.50. The molecule has 0 aliphatic rings. The molecule has 1 aromatic rings. The minimum Gasteiger partial charge on any atom is -0.376 e. The molecule has 0 saturated carbocycles. The molecule has 1 rings (SSSR count). The van der Waals surface area contributed by atoms with Crippen molar-refractivity contribution < 1.29 is 14.4 Å². The normalized spacial score (nSPS) is 9.58. The number of imide groups is 1. The zero-order valence-electron chi connectivity index (χ0n) is 10.9. The first-order chi connectivity index (χ1) is 9.04. The number of urea groups is 1. The number of hydrogen-bond donors (Lipinski definition) is 3.